The lowest BCUT2D eigenvalue weighted by molar-refractivity contribution is -0.121. The summed E-state index contributed by atoms with van der Waals surface area (Å²) in [6, 6.07) is 21.4. The molecule has 0 aliphatic heterocycles. The van der Waals surface area contributed by atoms with Gasteiger partial charge < -0.3 is 9.88 Å². The fourth-order valence-corrected chi connectivity index (χ4v) is 3.04. The maximum atomic E-state index is 12.0. The van der Waals surface area contributed by atoms with E-state index in [1.54, 1.807) is 0 Å². The molecule has 0 radical (unpaired) electrons. The Hall–Kier alpha value is -2.55. The first-order chi connectivity index (χ1) is 11.3. The van der Waals surface area contributed by atoms with Crippen LogP contribution in [0.3, 0.4) is 0 Å². The minimum Gasteiger partial charge on any atom is -0.353 e. The molecule has 1 fully saturated rings. The number of benzene rings is 2. The van der Waals surface area contributed by atoms with E-state index in [0.29, 0.717) is 19.0 Å². The van der Waals surface area contributed by atoms with Crippen LogP contribution in [0.1, 0.15) is 19.3 Å². The van der Waals surface area contributed by atoms with Gasteiger partial charge in [0.1, 0.15) is 0 Å². The predicted octanol–water partition coefficient (Wildman–Crippen LogP) is 3.98. The minimum absolute atomic E-state index is 0.157. The summed E-state index contributed by atoms with van der Waals surface area (Å²) >= 11 is 0. The van der Waals surface area contributed by atoms with E-state index in [1.807, 2.05) is 6.07 Å². The van der Waals surface area contributed by atoms with Gasteiger partial charge in [0.25, 0.3) is 0 Å². The smallest absolute Gasteiger partial charge is 0.222 e. The van der Waals surface area contributed by atoms with E-state index in [2.05, 4.69) is 64.5 Å². The van der Waals surface area contributed by atoms with E-state index < -0.39 is 0 Å². The van der Waals surface area contributed by atoms with Crippen LogP contribution >= 0.6 is 0 Å². The Kier molecular flexibility index (Phi) is 3.62. The van der Waals surface area contributed by atoms with Gasteiger partial charge in [0.2, 0.25) is 5.91 Å². The zero-order chi connectivity index (χ0) is 15.6. The van der Waals surface area contributed by atoms with Crippen LogP contribution < -0.4 is 5.32 Å². The highest BCUT2D eigenvalue weighted by Gasteiger charge is 2.23. The molecule has 1 saturated carbocycles. The first kappa shape index (κ1) is 14.1. The van der Waals surface area contributed by atoms with Gasteiger partial charge in [-0.25, -0.2) is 0 Å². The van der Waals surface area contributed by atoms with Gasteiger partial charge in [-0.15, -0.1) is 0 Å². The first-order valence-electron chi connectivity index (χ1n) is 8.24. The standard InChI is InChI=1S/C20H20N2O/c23-20(21-17-10-11-17)12-13-22-18-9-5-4-8-16(18)14-19(22)15-6-2-1-3-7-15/h1-9,14,17H,10-13H2,(H,21,23). The lowest BCUT2D eigenvalue weighted by Crippen LogP contribution is -2.26. The van der Waals surface area contributed by atoms with E-state index in [4.69, 9.17) is 0 Å². The SMILES string of the molecule is O=C(CCn1c(-c2ccccc2)cc2ccccc21)NC1CC1. The van der Waals surface area contributed by atoms with Crippen molar-refractivity contribution in [3.05, 3.63) is 60.7 Å². The number of aromatic nitrogens is 1. The Balaban J connectivity index is 1.66. The van der Waals surface area contributed by atoms with Gasteiger partial charge in [-0.1, -0.05) is 48.5 Å². The molecule has 0 atom stereocenters. The lowest BCUT2D eigenvalue weighted by atomic mass is 10.1. The molecule has 1 heterocycles. The largest absolute Gasteiger partial charge is 0.353 e. The second-order valence-electron chi connectivity index (χ2n) is 6.20. The number of nitrogens with one attached hydrogen (secondary N) is 1. The highest BCUT2D eigenvalue weighted by atomic mass is 16.1. The summed E-state index contributed by atoms with van der Waals surface area (Å²) in [4.78, 5) is 12.0. The van der Waals surface area contributed by atoms with Crippen molar-refractivity contribution in [2.45, 2.75) is 31.8 Å². The topological polar surface area (TPSA) is 34.0 Å². The molecule has 1 aliphatic carbocycles. The van der Waals surface area contributed by atoms with E-state index in [0.717, 1.165) is 12.8 Å². The molecule has 1 N–H and O–H groups in total. The van der Waals surface area contributed by atoms with Gasteiger partial charge in [-0.2, -0.15) is 0 Å². The molecule has 4 rings (SSSR count). The number of aryl methyl sites for hydroxylation is 1. The predicted molar refractivity (Wildman–Crippen MR) is 93.2 cm³/mol. The quantitative estimate of drug-likeness (QED) is 0.760. The number of hydrogen-bond donors (Lipinski definition) is 1. The van der Waals surface area contributed by atoms with Crippen LogP contribution in [0.5, 0.6) is 0 Å². The summed E-state index contributed by atoms with van der Waals surface area (Å²) in [6.45, 7) is 0.705. The van der Waals surface area contributed by atoms with Crippen molar-refractivity contribution in [1.29, 1.82) is 0 Å². The van der Waals surface area contributed by atoms with Crippen LogP contribution in [-0.2, 0) is 11.3 Å². The van der Waals surface area contributed by atoms with Crippen molar-refractivity contribution in [2.75, 3.05) is 0 Å². The van der Waals surface area contributed by atoms with E-state index >= 15 is 0 Å². The van der Waals surface area contributed by atoms with Crippen molar-refractivity contribution >= 4 is 16.8 Å². The summed E-state index contributed by atoms with van der Waals surface area (Å²) in [7, 11) is 0. The van der Waals surface area contributed by atoms with Crippen LogP contribution in [0.25, 0.3) is 22.2 Å². The summed E-state index contributed by atoms with van der Waals surface area (Å²) in [6.07, 6.45) is 2.79. The Morgan fingerprint density at radius 1 is 1.04 bits per heavy atom. The Bertz CT molecular complexity index is 831. The van der Waals surface area contributed by atoms with Crippen molar-refractivity contribution in [3.8, 4) is 11.3 Å². The van der Waals surface area contributed by atoms with E-state index in [9.17, 15) is 4.79 Å². The maximum absolute atomic E-state index is 12.0. The van der Waals surface area contributed by atoms with E-state index in [1.165, 1.54) is 22.2 Å². The molecule has 1 aromatic heterocycles. The van der Waals surface area contributed by atoms with Crippen LogP contribution in [0.15, 0.2) is 60.7 Å². The Morgan fingerprint density at radius 2 is 1.78 bits per heavy atom. The second kappa shape index (κ2) is 5.92. The number of nitrogens with zero attached hydrogens (tertiary/aromatic N) is 1. The van der Waals surface area contributed by atoms with Gasteiger partial charge in [0.15, 0.2) is 0 Å². The van der Waals surface area contributed by atoms with Crippen molar-refractivity contribution in [3.63, 3.8) is 0 Å². The highest BCUT2D eigenvalue weighted by Crippen LogP contribution is 2.28. The normalized spacial score (nSPS) is 14.1. The van der Waals surface area contributed by atoms with Crippen LogP contribution in [-0.4, -0.2) is 16.5 Å². The highest BCUT2D eigenvalue weighted by molar-refractivity contribution is 5.87. The third-order valence-electron chi connectivity index (χ3n) is 4.39. The molecule has 2 aromatic carbocycles. The third kappa shape index (κ3) is 3.00. The average molecular weight is 304 g/mol. The fraction of sp³-hybridized carbons (Fsp3) is 0.250. The van der Waals surface area contributed by atoms with E-state index in [-0.39, 0.29) is 5.91 Å². The van der Waals surface area contributed by atoms with Crippen LogP contribution in [0.2, 0.25) is 0 Å². The molecule has 1 amide bonds. The third-order valence-corrected chi connectivity index (χ3v) is 4.39. The molecule has 23 heavy (non-hydrogen) atoms. The van der Waals surface area contributed by atoms with Crippen molar-refractivity contribution in [2.24, 2.45) is 0 Å². The molecule has 3 nitrogen and oxygen atoms in total. The summed E-state index contributed by atoms with van der Waals surface area (Å²) in [5, 5.41) is 4.29. The van der Waals surface area contributed by atoms with Gasteiger partial charge in [-0.05, 0) is 30.5 Å². The van der Waals surface area contributed by atoms with Crippen LogP contribution in [0.4, 0.5) is 0 Å². The van der Waals surface area contributed by atoms with Crippen molar-refractivity contribution in [1.82, 2.24) is 9.88 Å². The molecule has 3 heteroatoms. The molecule has 116 valence electrons. The molecule has 1 aliphatic rings. The van der Waals surface area contributed by atoms with Gasteiger partial charge in [-0.3, -0.25) is 4.79 Å². The lowest BCUT2D eigenvalue weighted by Gasteiger charge is -2.11. The molecule has 0 unspecified atom stereocenters. The molecule has 0 saturated heterocycles. The second-order valence-corrected chi connectivity index (χ2v) is 6.20. The van der Waals surface area contributed by atoms with Crippen LogP contribution in [0, 0.1) is 0 Å². The molecule has 0 spiro atoms. The first-order valence-corrected chi connectivity index (χ1v) is 8.24. The molecular formula is C20H20N2O. The number of carbonyl (C=O) groups excluding carboxylic acids is 1. The van der Waals surface area contributed by atoms with Gasteiger partial charge >= 0.3 is 0 Å². The number of hydrogen-bond acceptors (Lipinski definition) is 1. The number of carbonyl (C=O) groups is 1. The van der Waals surface area contributed by atoms with Gasteiger partial charge in [0, 0.05) is 35.6 Å². The molecular weight excluding hydrogens is 284 g/mol. The Morgan fingerprint density at radius 3 is 2.57 bits per heavy atom. The zero-order valence-corrected chi connectivity index (χ0v) is 13.0. The summed E-state index contributed by atoms with van der Waals surface area (Å²) in [5.74, 6) is 0.157. The van der Waals surface area contributed by atoms with Crippen molar-refractivity contribution < 1.29 is 4.79 Å². The average Bonchev–Trinajstić information content (AvgIpc) is 3.32. The zero-order valence-electron chi connectivity index (χ0n) is 13.0. The summed E-state index contributed by atoms with van der Waals surface area (Å²) < 4.78 is 2.26. The Labute approximate surface area is 135 Å². The number of rotatable bonds is 5. The summed E-state index contributed by atoms with van der Waals surface area (Å²) in [5.41, 5.74) is 3.54. The number of amides is 1. The molecule has 0 bridgehead atoms. The minimum atomic E-state index is 0.157. The maximum Gasteiger partial charge on any atom is 0.222 e. The monoisotopic (exact) mass is 304 g/mol. The fourth-order valence-electron chi connectivity index (χ4n) is 3.04. The molecule has 3 aromatic rings. The van der Waals surface area contributed by atoms with Gasteiger partial charge in [0.05, 0.1) is 0 Å². The number of para-hydroxylation sites is 1. The number of fused-ring (bicyclic) bond motifs is 1.